The fraction of sp³-hybridized carbons (Fsp3) is 0.212. The van der Waals surface area contributed by atoms with Gasteiger partial charge in [-0.25, -0.2) is 23.5 Å². The minimum Gasteiger partial charge on any atom is -0.461 e. The number of hydrogen-bond acceptors (Lipinski definition) is 7. The van der Waals surface area contributed by atoms with Gasteiger partial charge in [0.15, 0.2) is 5.82 Å². The first kappa shape index (κ1) is 28.9. The number of rotatable bonds is 7. The topological polar surface area (TPSA) is 110 Å². The minimum atomic E-state index is -0.646. The number of carbonyl (C=O) groups is 2. The van der Waals surface area contributed by atoms with Crippen molar-refractivity contribution in [2.75, 3.05) is 41.8 Å². The van der Waals surface area contributed by atoms with E-state index in [1.54, 1.807) is 55.5 Å². The van der Waals surface area contributed by atoms with Crippen molar-refractivity contribution in [1.82, 2.24) is 9.97 Å². The maximum atomic E-state index is 15.6. The van der Waals surface area contributed by atoms with Crippen LogP contribution in [0.15, 0.2) is 71.1 Å². The molecule has 0 spiro atoms. The highest BCUT2D eigenvalue weighted by Gasteiger charge is 2.22. The molecular weight excluding hydrogens is 568 g/mol. The molecule has 2 amide bonds. The van der Waals surface area contributed by atoms with Crippen molar-refractivity contribution in [3.05, 3.63) is 89.7 Å². The van der Waals surface area contributed by atoms with Gasteiger partial charge in [-0.3, -0.25) is 4.79 Å². The summed E-state index contributed by atoms with van der Waals surface area (Å²) < 4.78 is 42.0. The number of nitrogens with one attached hydrogen (secondary N) is 2. The van der Waals surface area contributed by atoms with Crippen LogP contribution in [0, 0.1) is 18.6 Å². The molecule has 9 nitrogen and oxygen atoms in total. The molecule has 1 aliphatic rings. The minimum absolute atomic E-state index is 0.0444. The smallest absolute Gasteiger partial charge is 0.323 e. The molecule has 0 atom stereocenters. The summed E-state index contributed by atoms with van der Waals surface area (Å²) in [6.07, 6.45) is 0.314. The Morgan fingerprint density at radius 1 is 0.864 bits per heavy atom. The van der Waals surface area contributed by atoms with Crippen molar-refractivity contribution in [2.24, 2.45) is 0 Å². The Kier molecular flexibility index (Phi) is 8.03. The lowest BCUT2D eigenvalue weighted by Gasteiger charge is -2.29. The number of anilines is 3. The van der Waals surface area contributed by atoms with Gasteiger partial charge in [0.1, 0.15) is 34.8 Å². The van der Waals surface area contributed by atoms with E-state index in [-0.39, 0.29) is 28.4 Å². The summed E-state index contributed by atoms with van der Waals surface area (Å²) >= 11 is 0. The van der Waals surface area contributed by atoms with Gasteiger partial charge in [0.2, 0.25) is 0 Å². The number of Topliss-reactive ketones (excluding diaryl/α,β-unsaturated/α-hetero) is 1. The van der Waals surface area contributed by atoms with Crippen molar-refractivity contribution >= 4 is 39.9 Å². The number of morpholine rings is 1. The maximum absolute atomic E-state index is 15.6. The molecule has 0 bridgehead atoms. The Hall–Kier alpha value is -5.16. The number of ketones is 1. The molecule has 11 heteroatoms. The SMILES string of the molecule is CC(=O)Cc1ccc(NC(=O)Nc2ccc(-c3nc(N4CCOCC4)c4cc(F)c(-c5ccc(C)o5)cc4n3)c(F)c2)cc1. The van der Waals surface area contributed by atoms with E-state index in [0.717, 1.165) is 5.56 Å². The summed E-state index contributed by atoms with van der Waals surface area (Å²) in [5.74, 6) is 0.516. The molecule has 44 heavy (non-hydrogen) atoms. The molecule has 1 saturated heterocycles. The van der Waals surface area contributed by atoms with Crippen LogP contribution in [0.3, 0.4) is 0 Å². The van der Waals surface area contributed by atoms with Gasteiger partial charge >= 0.3 is 6.03 Å². The standard InChI is InChI=1S/C33H29F2N5O4/c1-19(41)15-21-4-6-22(7-5-21)36-33(42)37-23-8-9-24(27(34)16-23)31-38-29-18-25(30-10-3-20(2)44-30)28(35)17-26(29)32(39-31)40-11-13-43-14-12-40/h3-10,16-18H,11-15H2,1-2H3,(H2,36,37,42). The maximum Gasteiger partial charge on any atom is 0.323 e. The van der Waals surface area contributed by atoms with Crippen LogP contribution >= 0.6 is 0 Å². The quantitative estimate of drug-likeness (QED) is 0.213. The first-order valence-electron chi connectivity index (χ1n) is 14.1. The van der Waals surface area contributed by atoms with Crippen LogP contribution in [-0.4, -0.2) is 48.1 Å². The number of amides is 2. The van der Waals surface area contributed by atoms with Crippen molar-refractivity contribution in [3.63, 3.8) is 0 Å². The predicted molar refractivity (Wildman–Crippen MR) is 164 cm³/mol. The number of nitrogens with zero attached hydrogens (tertiary/aromatic N) is 3. The summed E-state index contributed by atoms with van der Waals surface area (Å²) in [6.45, 7) is 5.32. The highest BCUT2D eigenvalue weighted by Crippen LogP contribution is 2.35. The lowest BCUT2D eigenvalue weighted by Crippen LogP contribution is -2.37. The zero-order valence-corrected chi connectivity index (χ0v) is 24.1. The largest absolute Gasteiger partial charge is 0.461 e. The molecule has 224 valence electrons. The Balaban J connectivity index is 1.29. The van der Waals surface area contributed by atoms with Gasteiger partial charge < -0.3 is 24.7 Å². The van der Waals surface area contributed by atoms with Crippen molar-refractivity contribution in [3.8, 4) is 22.7 Å². The summed E-state index contributed by atoms with van der Waals surface area (Å²) in [4.78, 5) is 35.2. The van der Waals surface area contributed by atoms with Crippen LogP contribution in [0.1, 0.15) is 18.2 Å². The Labute approximate surface area is 251 Å². The van der Waals surface area contributed by atoms with E-state index >= 15 is 8.78 Å². The van der Waals surface area contributed by atoms with Gasteiger partial charge in [0.05, 0.1) is 29.9 Å². The van der Waals surface area contributed by atoms with Crippen LogP contribution in [0.4, 0.5) is 30.8 Å². The Morgan fingerprint density at radius 3 is 2.25 bits per heavy atom. The molecule has 2 aromatic heterocycles. The van der Waals surface area contributed by atoms with Gasteiger partial charge in [-0.05, 0) is 74.0 Å². The second-order valence-corrected chi connectivity index (χ2v) is 10.6. The van der Waals surface area contributed by atoms with Crippen LogP contribution in [-0.2, 0) is 16.0 Å². The number of furan rings is 1. The fourth-order valence-corrected chi connectivity index (χ4v) is 5.10. The van der Waals surface area contributed by atoms with Crippen molar-refractivity contribution in [2.45, 2.75) is 20.3 Å². The first-order chi connectivity index (χ1) is 21.2. The molecule has 1 fully saturated rings. The molecular formula is C33H29F2N5O4. The van der Waals surface area contributed by atoms with E-state index in [2.05, 4.69) is 20.6 Å². The zero-order valence-electron chi connectivity index (χ0n) is 24.1. The summed E-state index contributed by atoms with van der Waals surface area (Å²) in [5.41, 5.74) is 2.37. The third kappa shape index (κ3) is 6.28. The molecule has 0 unspecified atom stereocenters. The molecule has 6 rings (SSSR count). The second-order valence-electron chi connectivity index (χ2n) is 10.6. The van der Waals surface area contributed by atoms with Crippen LogP contribution < -0.4 is 15.5 Å². The Bertz CT molecular complexity index is 1870. The molecule has 3 heterocycles. The van der Waals surface area contributed by atoms with Gasteiger partial charge in [0.25, 0.3) is 0 Å². The van der Waals surface area contributed by atoms with E-state index in [0.29, 0.717) is 66.7 Å². The van der Waals surface area contributed by atoms with Gasteiger partial charge in [-0.1, -0.05) is 12.1 Å². The third-order valence-electron chi connectivity index (χ3n) is 7.21. The molecule has 0 saturated carbocycles. The lowest BCUT2D eigenvalue weighted by molar-refractivity contribution is -0.116. The molecule has 1 aliphatic heterocycles. The molecule has 3 aromatic carbocycles. The number of carbonyl (C=O) groups excluding carboxylic acids is 2. The molecule has 0 radical (unpaired) electrons. The predicted octanol–water partition coefficient (Wildman–Crippen LogP) is 6.76. The average Bonchev–Trinajstić information content (AvgIpc) is 3.43. The van der Waals surface area contributed by atoms with Gasteiger partial charge in [-0.15, -0.1) is 0 Å². The number of halogens is 2. The Morgan fingerprint density at radius 2 is 1.57 bits per heavy atom. The van der Waals surface area contributed by atoms with E-state index in [9.17, 15) is 9.59 Å². The number of fused-ring (bicyclic) bond motifs is 1. The highest BCUT2D eigenvalue weighted by molar-refractivity contribution is 6.00. The summed E-state index contributed by atoms with van der Waals surface area (Å²) in [6, 6.07) is 17.0. The molecule has 0 aliphatic carbocycles. The zero-order chi connectivity index (χ0) is 30.8. The number of ether oxygens (including phenoxy) is 1. The fourth-order valence-electron chi connectivity index (χ4n) is 5.10. The normalized spacial score (nSPS) is 13.2. The number of hydrogen-bond donors (Lipinski definition) is 2. The van der Waals surface area contributed by atoms with Gasteiger partial charge in [0, 0.05) is 36.3 Å². The monoisotopic (exact) mass is 597 g/mol. The van der Waals surface area contributed by atoms with E-state index in [1.165, 1.54) is 25.1 Å². The molecule has 2 N–H and O–H groups in total. The number of aromatic nitrogens is 2. The molecule has 5 aromatic rings. The lowest BCUT2D eigenvalue weighted by atomic mass is 10.1. The third-order valence-corrected chi connectivity index (χ3v) is 7.21. The summed E-state index contributed by atoms with van der Waals surface area (Å²) in [5, 5.41) is 5.80. The van der Waals surface area contributed by atoms with Crippen molar-refractivity contribution in [1.29, 1.82) is 0 Å². The van der Waals surface area contributed by atoms with Gasteiger partial charge in [-0.2, -0.15) is 0 Å². The highest BCUT2D eigenvalue weighted by atomic mass is 19.1. The number of urea groups is 1. The van der Waals surface area contributed by atoms with E-state index in [4.69, 9.17) is 9.15 Å². The van der Waals surface area contributed by atoms with Crippen LogP contribution in [0.25, 0.3) is 33.6 Å². The average molecular weight is 598 g/mol. The summed E-state index contributed by atoms with van der Waals surface area (Å²) in [7, 11) is 0. The number of aryl methyl sites for hydroxylation is 1. The van der Waals surface area contributed by atoms with E-state index in [1.807, 2.05) is 4.90 Å². The first-order valence-corrected chi connectivity index (χ1v) is 14.1. The van der Waals surface area contributed by atoms with Crippen LogP contribution in [0.5, 0.6) is 0 Å². The van der Waals surface area contributed by atoms with Crippen molar-refractivity contribution < 1.29 is 27.5 Å². The number of benzene rings is 3. The van der Waals surface area contributed by atoms with E-state index < -0.39 is 17.7 Å². The second kappa shape index (κ2) is 12.2. The van der Waals surface area contributed by atoms with Crippen LogP contribution in [0.2, 0.25) is 0 Å².